The molecule has 4 nitrogen and oxygen atoms in total. The molecule has 0 aromatic heterocycles. The average molecular weight is 334 g/mol. The quantitative estimate of drug-likeness (QED) is 0.905. The molecule has 1 unspecified atom stereocenters. The summed E-state index contributed by atoms with van der Waals surface area (Å²) in [5.74, 6) is 0.756. The van der Waals surface area contributed by atoms with Crippen LogP contribution in [0.4, 0.5) is 9.18 Å². The van der Waals surface area contributed by atoms with Gasteiger partial charge in [0.05, 0.1) is 6.61 Å². The zero-order chi connectivity index (χ0) is 16.8. The smallest absolute Gasteiger partial charge is 0.317 e. The van der Waals surface area contributed by atoms with E-state index in [1.54, 1.807) is 12.1 Å². The monoisotopic (exact) mass is 334 g/mol. The Labute approximate surface area is 143 Å². The number of halogens is 1. The number of benzene rings is 1. The summed E-state index contributed by atoms with van der Waals surface area (Å²) < 4.78 is 18.7. The number of likely N-dealkylation sites (tertiary alicyclic amines) is 1. The predicted molar refractivity (Wildman–Crippen MR) is 91.6 cm³/mol. The van der Waals surface area contributed by atoms with Gasteiger partial charge in [-0.05, 0) is 49.9 Å². The summed E-state index contributed by atoms with van der Waals surface area (Å²) in [6, 6.07) is 6.52. The third kappa shape index (κ3) is 4.86. The SMILES string of the molecule is O=C(NC1CCCCC1)N1CCCC(COc2ccc(F)cc2)C1. The predicted octanol–water partition coefficient (Wildman–Crippen LogP) is 3.96. The number of hydrogen-bond donors (Lipinski definition) is 1. The first-order valence-electron chi connectivity index (χ1n) is 9.14. The molecule has 5 heteroatoms. The lowest BCUT2D eigenvalue weighted by Crippen LogP contribution is -2.49. The Morgan fingerprint density at radius 3 is 2.62 bits per heavy atom. The van der Waals surface area contributed by atoms with Gasteiger partial charge in [-0.25, -0.2) is 9.18 Å². The Balaban J connectivity index is 1.44. The zero-order valence-corrected chi connectivity index (χ0v) is 14.2. The Kier molecular flexibility index (Phi) is 5.94. The number of carbonyl (C=O) groups excluding carboxylic acids is 1. The van der Waals surface area contributed by atoms with E-state index < -0.39 is 0 Å². The highest BCUT2D eigenvalue weighted by Crippen LogP contribution is 2.21. The number of rotatable bonds is 4. The van der Waals surface area contributed by atoms with E-state index in [0.29, 0.717) is 24.3 Å². The molecule has 3 rings (SSSR count). The van der Waals surface area contributed by atoms with E-state index in [4.69, 9.17) is 4.74 Å². The molecule has 1 saturated carbocycles. The Morgan fingerprint density at radius 2 is 1.88 bits per heavy atom. The maximum Gasteiger partial charge on any atom is 0.317 e. The number of hydrogen-bond acceptors (Lipinski definition) is 2. The highest BCUT2D eigenvalue weighted by molar-refractivity contribution is 5.74. The number of ether oxygens (including phenoxy) is 1. The fourth-order valence-corrected chi connectivity index (χ4v) is 3.64. The second-order valence-electron chi connectivity index (χ2n) is 7.00. The minimum atomic E-state index is -0.259. The fourth-order valence-electron chi connectivity index (χ4n) is 3.64. The fraction of sp³-hybridized carbons (Fsp3) is 0.632. The number of urea groups is 1. The lowest BCUT2D eigenvalue weighted by atomic mass is 9.95. The molecule has 24 heavy (non-hydrogen) atoms. The van der Waals surface area contributed by atoms with Crippen LogP contribution in [0.2, 0.25) is 0 Å². The lowest BCUT2D eigenvalue weighted by molar-refractivity contribution is 0.134. The number of amides is 2. The third-order valence-electron chi connectivity index (χ3n) is 5.04. The van der Waals surface area contributed by atoms with Crippen molar-refractivity contribution in [3.8, 4) is 5.75 Å². The van der Waals surface area contributed by atoms with Gasteiger partial charge >= 0.3 is 6.03 Å². The van der Waals surface area contributed by atoms with Crippen LogP contribution in [0.15, 0.2) is 24.3 Å². The summed E-state index contributed by atoms with van der Waals surface area (Å²) in [6.07, 6.45) is 8.02. The Hall–Kier alpha value is -1.78. The molecule has 2 fully saturated rings. The third-order valence-corrected chi connectivity index (χ3v) is 5.04. The molecule has 0 radical (unpaired) electrons. The maximum atomic E-state index is 12.9. The molecule has 1 atom stereocenters. The van der Waals surface area contributed by atoms with Gasteiger partial charge < -0.3 is 15.0 Å². The summed E-state index contributed by atoms with van der Waals surface area (Å²) in [5, 5.41) is 3.19. The van der Waals surface area contributed by atoms with Crippen LogP contribution in [-0.4, -0.2) is 36.7 Å². The molecule has 1 saturated heterocycles. The van der Waals surface area contributed by atoms with Crippen molar-refractivity contribution in [1.82, 2.24) is 10.2 Å². The van der Waals surface area contributed by atoms with Crippen LogP contribution in [0.25, 0.3) is 0 Å². The van der Waals surface area contributed by atoms with Gasteiger partial charge in [-0.1, -0.05) is 19.3 Å². The van der Waals surface area contributed by atoms with Crippen molar-refractivity contribution in [2.45, 2.75) is 51.0 Å². The van der Waals surface area contributed by atoms with Crippen LogP contribution < -0.4 is 10.1 Å². The molecule has 1 aliphatic heterocycles. The van der Waals surface area contributed by atoms with Gasteiger partial charge in [-0.2, -0.15) is 0 Å². The van der Waals surface area contributed by atoms with E-state index in [-0.39, 0.29) is 11.8 Å². The first kappa shape index (κ1) is 17.1. The van der Waals surface area contributed by atoms with Crippen LogP contribution in [0.3, 0.4) is 0 Å². The molecule has 1 aromatic rings. The van der Waals surface area contributed by atoms with Crippen LogP contribution in [-0.2, 0) is 0 Å². The van der Waals surface area contributed by atoms with Gasteiger partial charge in [-0.3, -0.25) is 0 Å². The minimum Gasteiger partial charge on any atom is -0.493 e. The van der Waals surface area contributed by atoms with Gasteiger partial charge in [0.1, 0.15) is 11.6 Å². The van der Waals surface area contributed by atoms with Gasteiger partial charge in [-0.15, -0.1) is 0 Å². The van der Waals surface area contributed by atoms with Crippen molar-refractivity contribution in [2.24, 2.45) is 5.92 Å². The molecular formula is C19H27FN2O2. The van der Waals surface area contributed by atoms with Crippen LogP contribution in [0.5, 0.6) is 5.75 Å². The summed E-state index contributed by atoms with van der Waals surface area (Å²) in [6.45, 7) is 2.13. The molecule has 1 heterocycles. The Morgan fingerprint density at radius 1 is 1.12 bits per heavy atom. The summed E-state index contributed by atoms with van der Waals surface area (Å²) in [5.41, 5.74) is 0. The van der Waals surface area contributed by atoms with E-state index in [2.05, 4.69) is 5.32 Å². The second-order valence-corrected chi connectivity index (χ2v) is 7.00. The second kappa shape index (κ2) is 8.36. The maximum absolute atomic E-state index is 12.9. The van der Waals surface area contributed by atoms with Crippen LogP contribution in [0, 0.1) is 11.7 Å². The van der Waals surface area contributed by atoms with E-state index in [9.17, 15) is 9.18 Å². The lowest BCUT2D eigenvalue weighted by Gasteiger charge is -2.34. The van der Waals surface area contributed by atoms with Gasteiger partial charge in [0.15, 0.2) is 0 Å². The van der Waals surface area contributed by atoms with Crippen molar-refractivity contribution in [3.63, 3.8) is 0 Å². The molecule has 1 aromatic carbocycles. The molecule has 0 bridgehead atoms. The first-order valence-corrected chi connectivity index (χ1v) is 9.14. The minimum absolute atomic E-state index is 0.0772. The average Bonchev–Trinajstić information content (AvgIpc) is 2.62. The van der Waals surface area contributed by atoms with Crippen molar-refractivity contribution in [2.75, 3.05) is 19.7 Å². The van der Waals surface area contributed by atoms with Crippen molar-refractivity contribution < 1.29 is 13.9 Å². The zero-order valence-electron chi connectivity index (χ0n) is 14.2. The van der Waals surface area contributed by atoms with E-state index >= 15 is 0 Å². The molecule has 0 spiro atoms. The summed E-state index contributed by atoms with van der Waals surface area (Å²) >= 11 is 0. The number of carbonyl (C=O) groups is 1. The highest BCUT2D eigenvalue weighted by atomic mass is 19.1. The van der Waals surface area contributed by atoms with Crippen molar-refractivity contribution in [1.29, 1.82) is 0 Å². The van der Waals surface area contributed by atoms with Crippen LogP contribution in [0.1, 0.15) is 44.9 Å². The van der Waals surface area contributed by atoms with Gasteiger partial charge in [0, 0.05) is 25.0 Å². The highest BCUT2D eigenvalue weighted by Gasteiger charge is 2.26. The molecule has 132 valence electrons. The van der Waals surface area contributed by atoms with E-state index in [1.807, 2.05) is 4.90 Å². The van der Waals surface area contributed by atoms with Gasteiger partial charge in [0.2, 0.25) is 0 Å². The van der Waals surface area contributed by atoms with E-state index in [0.717, 1.165) is 38.8 Å². The topological polar surface area (TPSA) is 41.6 Å². The first-order chi connectivity index (χ1) is 11.7. The van der Waals surface area contributed by atoms with Crippen LogP contribution >= 0.6 is 0 Å². The number of piperidine rings is 1. The summed E-state index contributed by atoms with van der Waals surface area (Å²) in [7, 11) is 0. The largest absolute Gasteiger partial charge is 0.493 e. The normalized spacial score (nSPS) is 22.2. The van der Waals surface area contributed by atoms with Crippen molar-refractivity contribution >= 4 is 6.03 Å². The number of nitrogens with one attached hydrogen (secondary N) is 1. The van der Waals surface area contributed by atoms with E-state index in [1.165, 1.54) is 31.4 Å². The molecular weight excluding hydrogens is 307 g/mol. The van der Waals surface area contributed by atoms with Gasteiger partial charge in [0.25, 0.3) is 0 Å². The summed E-state index contributed by atoms with van der Waals surface area (Å²) in [4.78, 5) is 14.4. The molecule has 1 N–H and O–H groups in total. The molecule has 2 aliphatic rings. The molecule has 1 aliphatic carbocycles. The van der Waals surface area contributed by atoms with Crippen molar-refractivity contribution in [3.05, 3.63) is 30.1 Å². The number of nitrogens with zero attached hydrogens (tertiary/aromatic N) is 1. The standard InChI is InChI=1S/C19H27FN2O2/c20-16-8-10-18(11-9-16)24-14-15-5-4-12-22(13-15)19(23)21-17-6-2-1-3-7-17/h8-11,15,17H,1-7,12-14H2,(H,21,23). The molecule has 2 amide bonds. The Bertz CT molecular complexity index is 529.